The Bertz CT molecular complexity index is 1060. The van der Waals surface area contributed by atoms with Crippen LogP contribution < -0.4 is 0 Å². The maximum absolute atomic E-state index is 13.4. The number of hydrogen-bond acceptors (Lipinski definition) is 2. The van der Waals surface area contributed by atoms with E-state index >= 15 is 0 Å². The summed E-state index contributed by atoms with van der Waals surface area (Å²) < 4.78 is 40.2. The van der Waals surface area contributed by atoms with Crippen molar-refractivity contribution in [3.8, 4) is 5.75 Å². The van der Waals surface area contributed by atoms with Crippen LogP contribution in [0.15, 0.2) is 48.5 Å². The Kier molecular flexibility index (Phi) is 4.97. The molecule has 2 N–H and O–H groups in total. The molecule has 0 saturated heterocycles. The number of benzene rings is 2. The predicted molar refractivity (Wildman–Crippen MR) is 118 cm³/mol. The van der Waals surface area contributed by atoms with Gasteiger partial charge in [-0.1, -0.05) is 43.3 Å². The van der Waals surface area contributed by atoms with Gasteiger partial charge < -0.3 is 10.2 Å². The van der Waals surface area contributed by atoms with Crippen LogP contribution in [0.5, 0.6) is 5.75 Å². The smallest absolute Gasteiger partial charge is 0.416 e. The number of hydrogen-bond donors (Lipinski definition) is 2. The molecule has 2 nitrogen and oxygen atoms in total. The van der Waals surface area contributed by atoms with E-state index in [1.807, 2.05) is 6.07 Å². The summed E-state index contributed by atoms with van der Waals surface area (Å²) >= 11 is 0. The number of rotatable bonds is 2. The first-order valence-corrected chi connectivity index (χ1v) is 11.5. The molecular weight excluding hydrogens is 413 g/mol. The van der Waals surface area contributed by atoms with Crippen LogP contribution in [0.25, 0.3) is 6.08 Å². The first-order chi connectivity index (χ1) is 15.1. The first kappa shape index (κ1) is 21.6. The summed E-state index contributed by atoms with van der Waals surface area (Å²) in [4.78, 5) is 0. The van der Waals surface area contributed by atoms with E-state index in [-0.39, 0.29) is 11.0 Å². The van der Waals surface area contributed by atoms with Gasteiger partial charge in [-0.05, 0) is 91.2 Å². The van der Waals surface area contributed by atoms with E-state index in [1.54, 1.807) is 18.2 Å². The highest BCUT2D eigenvalue weighted by Gasteiger charge is 2.60. The van der Waals surface area contributed by atoms with Crippen LogP contribution in [0.1, 0.15) is 67.2 Å². The normalized spacial score (nSPS) is 34.2. The van der Waals surface area contributed by atoms with Crippen LogP contribution in [-0.4, -0.2) is 15.8 Å². The minimum atomic E-state index is -4.42. The lowest BCUT2D eigenvalue weighted by Gasteiger charge is -2.52. The van der Waals surface area contributed by atoms with Gasteiger partial charge in [-0.2, -0.15) is 13.2 Å². The van der Waals surface area contributed by atoms with E-state index in [1.165, 1.54) is 29.3 Å². The fourth-order valence-corrected chi connectivity index (χ4v) is 7.02. The van der Waals surface area contributed by atoms with Crippen molar-refractivity contribution in [2.24, 2.45) is 17.3 Å². The zero-order valence-corrected chi connectivity index (χ0v) is 18.2. The van der Waals surface area contributed by atoms with Gasteiger partial charge in [0, 0.05) is 5.41 Å². The summed E-state index contributed by atoms with van der Waals surface area (Å²) in [5.41, 5.74) is 0.511. The molecule has 5 atom stereocenters. The van der Waals surface area contributed by atoms with Crippen LogP contribution in [-0.2, 0) is 12.6 Å². The monoisotopic (exact) mass is 442 g/mol. The molecule has 2 fully saturated rings. The van der Waals surface area contributed by atoms with E-state index in [2.05, 4.69) is 13.0 Å². The quantitative estimate of drug-likeness (QED) is 0.543. The van der Waals surface area contributed by atoms with E-state index in [4.69, 9.17) is 0 Å². The Labute approximate surface area is 186 Å². The highest BCUT2D eigenvalue weighted by Crippen LogP contribution is 2.64. The van der Waals surface area contributed by atoms with Gasteiger partial charge >= 0.3 is 6.18 Å². The molecule has 2 aromatic carbocycles. The van der Waals surface area contributed by atoms with Crippen molar-refractivity contribution in [3.05, 3.63) is 70.8 Å². The fourth-order valence-electron chi connectivity index (χ4n) is 7.02. The highest BCUT2D eigenvalue weighted by atomic mass is 19.4. The van der Waals surface area contributed by atoms with Crippen molar-refractivity contribution >= 4 is 6.08 Å². The average Bonchev–Trinajstić information content (AvgIpc) is 3.02. The number of alkyl halides is 3. The molecule has 0 aromatic heterocycles. The van der Waals surface area contributed by atoms with Crippen LogP contribution >= 0.6 is 0 Å². The fraction of sp³-hybridized carbons (Fsp3) is 0.481. The Hall–Kier alpha value is -2.27. The second-order valence-electron chi connectivity index (χ2n) is 10.1. The van der Waals surface area contributed by atoms with Crippen molar-refractivity contribution in [2.45, 2.75) is 63.1 Å². The maximum Gasteiger partial charge on any atom is 0.416 e. The summed E-state index contributed by atoms with van der Waals surface area (Å²) in [5.74, 6) is 1.52. The summed E-state index contributed by atoms with van der Waals surface area (Å²) in [7, 11) is 0. The van der Waals surface area contributed by atoms with Gasteiger partial charge in [0.15, 0.2) is 0 Å². The van der Waals surface area contributed by atoms with Crippen molar-refractivity contribution < 1.29 is 23.4 Å². The second kappa shape index (κ2) is 7.38. The SMILES string of the molecule is C[C@]12CC[C@@H]3c4ccc(O)cc4CC[C@H]3[C@@H]1CC[C@@]2(O)/C=C\c1ccccc1C(F)(F)F. The zero-order chi connectivity index (χ0) is 22.7. The number of halogens is 3. The van der Waals surface area contributed by atoms with Crippen molar-refractivity contribution in [1.29, 1.82) is 0 Å². The molecular formula is C27H29F3O2. The molecule has 0 bridgehead atoms. The van der Waals surface area contributed by atoms with Gasteiger partial charge in [0.1, 0.15) is 5.75 Å². The number of phenols is 1. The standard InChI is InChI=1S/C27H29F3O2/c1-25-13-11-21-20-9-7-19(31)16-18(20)6-8-22(21)24(25)12-15-26(25,32)14-10-17-4-2-3-5-23(17)27(28,29)30/h2-5,7,9-10,14,16,21-22,24,31-32H,6,8,11-13,15H2,1H3/b14-10-/t21-,22-,24+,25+,26+/m1/s1. The molecule has 0 heterocycles. The summed E-state index contributed by atoms with van der Waals surface area (Å²) in [6, 6.07) is 11.2. The molecule has 170 valence electrons. The number of aryl methyl sites for hydroxylation is 1. The summed E-state index contributed by atoms with van der Waals surface area (Å²) in [6.45, 7) is 2.13. The zero-order valence-electron chi connectivity index (χ0n) is 18.2. The number of phenolic OH excluding ortho intramolecular Hbond substituents is 1. The molecule has 5 rings (SSSR count). The Morgan fingerprint density at radius 3 is 2.59 bits per heavy atom. The van der Waals surface area contributed by atoms with Gasteiger partial charge in [0.25, 0.3) is 0 Å². The van der Waals surface area contributed by atoms with Crippen molar-refractivity contribution in [1.82, 2.24) is 0 Å². The molecule has 5 heteroatoms. The predicted octanol–water partition coefficient (Wildman–Crippen LogP) is 6.71. The highest BCUT2D eigenvalue weighted by molar-refractivity contribution is 5.56. The molecule has 0 radical (unpaired) electrons. The van der Waals surface area contributed by atoms with Gasteiger partial charge in [0.2, 0.25) is 0 Å². The minimum absolute atomic E-state index is 0.0977. The van der Waals surface area contributed by atoms with E-state index in [0.29, 0.717) is 29.9 Å². The molecule has 0 unspecified atom stereocenters. The largest absolute Gasteiger partial charge is 0.508 e. The lowest BCUT2D eigenvalue weighted by molar-refractivity contribution is -0.137. The van der Waals surface area contributed by atoms with Crippen molar-refractivity contribution in [2.75, 3.05) is 0 Å². The topological polar surface area (TPSA) is 40.5 Å². The summed E-state index contributed by atoms with van der Waals surface area (Å²) in [5, 5.41) is 21.6. The lowest BCUT2D eigenvalue weighted by Crippen LogP contribution is -2.49. The van der Waals surface area contributed by atoms with Crippen LogP contribution in [0.3, 0.4) is 0 Å². The Morgan fingerprint density at radius 1 is 1.03 bits per heavy atom. The van der Waals surface area contributed by atoms with Gasteiger partial charge in [0.05, 0.1) is 11.2 Å². The molecule has 0 aliphatic heterocycles. The van der Waals surface area contributed by atoms with Crippen LogP contribution in [0.4, 0.5) is 13.2 Å². The Balaban J connectivity index is 1.44. The molecule has 2 aromatic rings. The van der Waals surface area contributed by atoms with E-state index in [9.17, 15) is 23.4 Å². The number of fused-ring (bicyclic) bond motifs is 5. The molecule has 0 spiro atoms. The van der Waals surface area contributed by atoms with E-state index < -0.39 is 17.3 Å². The maximum atomic E-state index is 13.4. The molecule has 32 heavy (non-hydrogen) atoms. The van der Waals surface area contributed by atoms with Crippen LogP contribution in [0.2, 0.25) is 0 Å². The minimum Gasteiger partial charge on any atom is -0.508 e. The van der Waals surface area contributed by atoms with E-state index in [0.717, 1.165) is 38.2 Å². The summed E-state index contributed by atoms with van der Waals surface area (Å²) in [6.07, 6.45) is 3.88. The molecule has 3 aliphatic carbocycles. The van der Waals surface area contributed by atoms with Gasteiger partial charge in [-0.3, -0.25) is 0 Å². The number of aliphatic hydroxyl groups is 1. The van der Waals surface area contributed by atoms with Crippen molar-refractivity contribution in [3.63, 3.8) is 0 Å². The third kappa shape index (κ3) is 3.28. The first-order valence-electron chi connectivity index (χ1n) is 11.5. The lowest BCUT2D eigenvalue weighted by atomic mass is 9.53. The van der Waals surface area contributed by atoms with Crippen LogP contribution in [0, 0.1) is 17.3 Å². The Morgan fingerprint density at radius 2 is 1.81 bits per heavy atom. The van der Waals surface area contributed by atoms with Gasteiger partial charge in [-0.25, -0.2) is 0 Å². The second-order valence-corrected chi connectivity index (χ2v) is 10.1. The molecule has 0 amide bonds. The third-order valence-electron chi connectivity index (χ3n) is 8.73. The average molecular weight is 443 g/mol. The van der Waals surface area contributed by atoms with Gasteiger partial charge in [-0.15, -0.1) is 0 Å². The molecule has 2 saturated carbocycles. The third-order valence-corrected chi connectivity index (χ3v) is 8.73. The molecule has 3 aliphatic rings. The number of aromatic hydroxyl groups is 1.